The predicted octanol–water partition coefficient (Wildman–Crippen LogP) is 0.877. The average Bonchev–Trinajstić information content (AvgIpc) is 2.89. The number of anilines is 1. The van der Waals surface area contributed by atoms with Gasteiger partial charge in [-0.05, 0) is 18.2 Å². The van der Waals surface area contributed by atoms with E-state index in [2.05, 4.69) is 10.6 Å². The number of carbonyl (C=O) groups excluding carboxylic acids is 1. The van der Waals surface area contributed by atoms with E-state index >= 15 is 0 Å². The lowest BCUT2D eigenvalue weighted by Crippen LogP contribution is -2.41. The third-order valence-corrected chi connectivity index (χ3v) is 3.50. The van der Waals surface area contributed by atoms with Gasteiger partial charge in [0, 0.05) is 11.7 Å². The minimum atomic E-state index is -0.925. The fourth-order valence-corrected chi connectivity index (χ4v) is 2.46. The first kappa shape index (κ1) is 15.5. The molecule has 21 heavy (non-hydrogen) atoms. The first-order chi connectivity index (χ1) is 10.1. The normalized spacial score (nSPS) is 21.2. The summed E-state index contributed by atoms with van der Waals surface area (Å²) >= 11 is 0. The van der Waals surface area contributed by atoms with Crippen LogP contribution in [0.2, 0.25) is 0 Å². The Bertz CT molecular complexity index is 518. The van der Waals surface area contributed by atoms with Crippen LogP contribution in [0.5, 0.6) is 0 Å². The third kappa shape index (κ3) is 4.03. The first-order valence-electron chi connectivity index (χ1n) is 7.03. The van der Waals surface area contributed by atoms with Crippen molar-refractivity contribution in [2.45, 2.75) is 19.4 Å². The molecular weight excluding hydrogens is 272 g/mol. The molecule has 0 bridgehead atoms. The minimum Gasteiger partial charge on any atom is -0.481 e. The Kier molecular flexibility index (Phi) is 5.30. The van der Waals surface area contributed by atoms with E-state index in [1.54, 1.807) is 24.3 Å². The molecule has 114 valence electrons. The Hall–Kier alpha value is -1.92. The van der Waals surface area contributed by atoms with Gasteiger partial charge in [-0.3, -0.25) is 9.59 Å². The van der Waals surface area contributed by atoms with Gasteiger partial charge in [0.1, 0.15) is 0 Å². The summed E-state index contributed by atoms with van der Waals surface area (Å²) in [5.74, 6) is -1.33. The van der Waals surface area contributed by atoms with Crippen LogP contribution < -0.4 is 10.6 Å². The fraction of sp³-hybridized carbons (Fsp3) is 0.467. The minimum absolute atomic E-state index is 0.00151. The number of aliphatic carboxylic acids is 1. The predicted molar refractivity (Wildman–Crippen MR) is 78.2 cm³/mol. The van der Waals surface area contributed by atoms with Gasteiger partial charge < -0.3 is 20.5 Å². The van der Waals surface area contributed by atoms with Crippen LogP contribution in [0.25, 0.3) is 0 Å². The number of carboxylic acid groups (broad SMARTS) is 1. The molecule has 6 heteroatoms. The molecule has 0 aromatic heterocycles. The van der Waals surface area contributed by atoms with Crippen molar-refractivity contribution >= 4 is 17.6 Å². The number of carbonyl (C=O) groups is 2. The van der Waals surface area contributed by atoms with Crippen LogP contribution in [0.3, 0.4) is 0 Å². The molecule has 1 amide bonds. The van der Waals surface area contributed by atoms with Crippen LogP contribution in [0.4, 0.5) is 5.69 Å². The van der Waals surface area contributed by atoms with Gasteiger partial charge in [0.15, 0.2) is 0 Å². The number of amides is 1. The Balaban J connectivity index is 2.07. The maximum atomic E-state index is 12.4. The number of nitrogens with one attached hydrogen (secondary N) is 2. The summed E-state index contributed by atoms with van der Waals surface area (Å²) in [6.07, 6.45) is -0.117. The zero-order valence-electron chi connectivity index (χ0n) is 12.0. The van der Waals surface area contributed by atoms with E-state index < -0.39 is 5.97 Å². The highest BCUT2D eigenvalue weighted by atomic mass is 16.5. The van der Waals surface area contributed by atoms with Crippen molar-refractivity contribution in [3.05, 3.63) is 29.8 Å². The highest BCUT2D eigenvalue weighted by Gasteiger charge is 2.33. The maximum absolute atomic E-state index is 12.4. The quantitative estimate of drug-likeness (QED) is 0.724. The highest BCUT2D eigenvalue weighted by molar-refractivity contribution is 5.94. The Morgan fingerprint density at radius 3 is 2.81 bits per heavy atom. The molecule has 2 unspecified atom stereocenters. The van der Waals surface area contributed by atoms with Gasteiger partial charge in [0.05, 0.1) is 25.6 Å². The molecule has 6 nitrogen and oxygen atoms in total. The van der Waals surface area contributed by atoms with E-state index in [0.717, 1.165) is 6.54 Å². The second kappa shape index (κ2) is 7.19. The van der Waals surface area contributed by atoms with E-state index in [-0.39, 0.29) is 24.3 Å². The van der Waals surface area contributed by atoms with Gasteiger partial charge in [0.2, 0.25) is 5.91 Å². The summed E-state index contributed by atoms with van der Waals surface area (Å²) in [6.45, 7) is 3.65. The van der Waals surface area contributed by atoms with Crippen molar-refractivity contribution in [3.63, 3.8) is 0 Å². The number of para-hydroxylation sites is 1. The van der Waals surface area contributed by atoms with Gasteiger partial charge in [-0.25, -0.2) is 0 Å². The molecule has 0 spiro atoms. The van der Waals surface area contributed by atoms with Crippen molar-refractivity contribution < 1.29 is 19.4 Å². The van der Waals surface area contributed by atoms with Gasteiger partial charge >= 0.3 is 5.97 Å². The summed E-state index contributed by atoms with van der Waals surface area (Å²) in [5, 5.41) is 15.0. The van der Waals surface area contributed by atoms with Gasteiger partial charge in [0.25, 0.3) is 0 Å². The molecular formula is C15H20N2O4. The van der Waals surface area contributed by atoms with Crippen molar-refractivity contribution in [1.29, 1.82) is 0 Å². The topological polar surface area (TPSA) is 87.7 Å². The molecule has 1 fully saturated rings. The molecule has 2 atom stereocenters. The van der Waals surface area contributed by atoms with Crippen molar-refractivity contribution in [1.82, 2.24) is 5.32 Å². The molecule has 1 aromatic carbocycles. The lowest BCUT2D eigenvalue weighted by Gasteiger charge is -2.18. The van der Waals surface area contributed by atoms with Crippen molar-refractivity contribution in [3.8, 4) is 0 Å². The average molecular weight is 292 g/mol. The number of benzene rings is 1. The van der Waals surface area contributed by atoms with Crippen LogP contribution in [0.1, 0.15) is 12.5 Å². The molecule has 1 heterocycles. The maximum Gasteiger partial charge on any atom is 0.307 e. The second-order valence-corrected chi connectivity index (χ2v) is 5.03. The molecule has 1 aliphatic rings. The summed E-state index contributed by atoms with van der Waals surface area (Å²) in [5.41, 5.74) is 1.14. The molecule has 1 saturated heterocycles. The van der Waals surface area contributed by atoms with Crippen molar-refractivity contribution in [2.24, 2.45) is 5.92 Å². The SMILES string of the molecule is CCNC1COCC1C(=O)Nc1ccccc1CC(=O)O. The van der Waals surface area contributed by atoms with Crippen LogP contribution in [0.15, 0.2) is 24.3 Å². The summed E-state index contributed by atoms with van der Waals surface area (Å²) < 4.78 is 5.36. The number of hydrogen-bond donors (Lipinski definition) is 3. The zero-order chi connectivity index (χ0) is 15.2. The smallest absolute Gasteiger partial charge is 0.307 e. The summed E-state index contributed by atoms with van der Waals surface area (Å²) in [4.78, 5) is 23.2. The van der Waals surface area contributed by atoms with Crippen LogP contribution in [-0.4, -0.2) is 42.8 Å². The van der Waals surface area contributed by atoms with E-state index in [1.165, 1.54) is 0 Å². The standard InChI is InChI=1S/C15H20N2O4/c1-2-16-13-9-21-8-11(13)15(20)17-12-6-4-3-5-10(12)7-14(18)19/h3-6,11,13,16H,2,7-9H2,1H3,(H,17,20)(H,18,19). The summed E-state index contributed by atoms with van der Waals surface area (Å²) in [7, 11) is 0. The molecule has 1 aliphatic heterocycles. The lowest BCUT2D eigenvalue weighted by molar-refractivity contribution is -0.136. The van der Waals surface area contributed by atoms with Gasteiger partial charge in [-0.15, -0.1) is 0 Å². The van der Waals surface area contributed by atoms with E-state index in [4.69, 9.17) is 9.84 Å². The van der Waals surface area contributed by atoms with Gasteiger partial charge in [-0.2, -0.15) is 0 Å². The molecule has 0 aliphatic carbocycles. The number of carboxylic acids is 1. The van der Waals surface area contributed by atoms with Crippen LogP contribution in [0, 0.1) is 5.92 Å². The molecule has 3 N–H and O–H groups in total. The second-order valence-electron chi connectivity index (χ2n) is 5.03. The molecule has 0 radical (unpaired) electrons. The number of hydrogen-bond acceptors (Lipinski definition) is 4. The third-order valence-electron chi connectivity index (χ3n) is 3.50. The fourth-order valence-electron chi connectivity index (χ4n) is 2.46. The van der Waals surface area contributed by atoms with Crippen LogP contribution >= 0.6 is 0 Å². The van der Waals surface area contributed by atoms with E-state index in [9.17, 15) is 9.59 Å². The Morgan fingerprint density at radius 1 is 1.33 bits per heavy atom. The number of likely N-dealkylation sites (N-methyl/N-ethyl adjacent to an activating group) is 1. The van der Waals surface area contributed by atoms with E-state index in [0.29, 0.717) is 24.5 Å². The monoisotopic (exact) mass is 292 g/mol. The largest absolute Gasteiger partial charge is 0.481 e. The van der Waals surface area contributed by atoms with E-state index in [1.807, 2.05) is 6.92 Å². The highest BCUT2D eigenvalue weighted by Crippen LogP contribution is 2.20. The van der Waals surface area contributed by atoms with Gasteiger partial charge in [-0.1, -0.05) is 25.1 Å². The first-order valence-corrected chi connectivity index (χ1v) is 7.03. The lowest BCUT2D eigenvalue weighted by atomic mass is 10.0. The number of rotatable bonds is 6. The molecule has 0 saturated carbocycles. The zero-order valence-corrected chi connectivity index (χ0v) is 12.0. The van der Waals surface area contributed by atoms with Crippen molar-refractivity contribution in [2.75, 3.05) is 25.1 Å². The molecule has 1 aromatic rings. The van der Waals surface area contributed by atoms with Crippen LogP contribution in [-0.2, 0) is 20.7 Å². The summed E-state index contributed by atoms with van der Waals surface area (Å²) in [6, 6.07) is 6.95. The number of ether oxygens (including phenoxy) is 1. The Morgan fingerprint density at radius 2 is 2.10 bits per heavy atom. The molecule has 2 rings (SSSR count). The Labute approximate surface area is 123 Å².